The highest BCUT2D eigenvalue weighted by molar-refractivity contribution is 6.30. The fraction of sp³-hybridized carbons (Fsp3) is 0.292. The van der Waals surface area contributed by atoms with Crippen molar-refractivity contribution in [3.8, 4) is 11.8 Å². The van der Waals surface area contributed by atoms with Crippen molar-refractivity contribution in [2.75, 3.05) is 26.2 Å². The molecule has 1 fully saturated rings. The Balaban J connectivity index is 1.42. The Morgan fingerprint density at radius 1 is 1.13 bits per heavy atom. The fourth-order valence-corrected chi connectivity index (χ4v) is 4.13. The van der Waals surface area contributed by atoms with Gasteiger partial charge in [-0.15, -0.1) is 0 Å². The van der Waals surface area contributed by atoms with Gasteiger partial charge in [-0.25, -0.2) is 4.68 Å². The number of hydrogen-bond donors (Lipinski definition) is 0. The van der Waals surface area contributed by atoms with Crippen molar-refractivity contribution in [3.63, 3.8) is 0 Å². The number of rotatable bonds is 5. The van der Waals surface area contributed by atoms with Gasteiger partial charge < -0.3 is 4.90 Å². The molecule has 2 heterocycles. The maximum atomic E-state index is 13.2. The van der Waals surface area contributed by atoms with Crippen LogP contribution in [0.2, 0.25) is 5.02 Å². The van der Waals surface area contributed by atoms with E-state index in [2.05, 4.69) is 16.1 Å². The minimum atomic E-state index is 0.0307. The quantitative estimate of drug-likeness (QED) is 0.611. The normalized spacial score (nSPS) is 14.4. The van der Waals surface area contributed by atoms with Gasteiger partial charge in [0.1, 0.15) is 0 Å². The molecule has 0 saturated carbocycles. The molecule has 0 atom stereocenters. The third-order valence-corrected chi connectivity index (χ3v) is 5.87. The fourth-order valence-electron chi connectivity index (χ4n) is 3.95. The van der Waals surface area contributed by atoms with Crippen molar-refractivity contribution in [2.24, 2.45) is 0 Å². The summed E-state index contributed by atoms with van der Waals surface area (Å²) < 4.78 is 1.81. The van der Waals surface area contributed by atoms with Crippen molar-refractivity contribution >= 4 is 17.5 Å². The second-order valence-corrected chi connectivity index (χ2v) is 8.06. The molecule has 158 valence electrons. The highest BCUT2D eigenvalue weighted by atomic mass is 35.5. The molecule has 2 aromatic carbocycles. The van der Waals surface area contributed by atoms with Crippen molar-refractivity contribution < 1.29 is 4.79 Å². The van der Waals surface area contributed by atoms with Crippen LogP contribution in [-0.4, -0.2) is 51.7 Å². The predicted molar refractivity (Wildman–Crippen MR) is 120 cm³/mol. The summed E-state index contributed by atoms with van der Waals surface area (Å²) in [6.07, 6.45) is 2.37. The Morgan fingerprint density at radius 3 is 2.52 bits per heavy atom. The summed E-state index contributed by atoms with van der Waals surface area (Å²) in [5.41, 5.74) is 4.25. The van der Waals surface area contributed by atoms with Crippen LogP contribution in [0.3, 0.4) is 0 Å². The van der Waals surface area contributed by atoms with Crippen molar-refractivity contribution in [1.82, 2.24) is 19.6 Å². The van der Waals surface area contributed by atoms with Gasteiger partial charge in [-0.3, -0.25) is 9.69 Å². The molecule has 1 amide bonds. The molecular formula is C24H24ClN5O. The zero-order chi connectivity index (χ0) is 21.8. The van der Waals surface area contributed by atoms with E-state index >= 15 is 0 Å². The van der Waals surface area contributed by atoms with E-state index in [1.165, 1.54) is 5.56 Å². The molecule has 0 N–H and O–H groups in total. The SMILES string of the molecule is CCc1c(C(=O)N2CCN(Cc3ccc(C#N)cc3)CC2)cnn1-c1cccc(Cl)c1. The monoisotopic (exact) mass is 433 g/mol. The summed E-state index contributed by atoms with van der Waals surface area (Å²) in [6.45, 7) is 5.84. The lowest BCUT2D eigenvalue weighted by Crippen LogP contribution is -2.48. The first-order valence-corrected chi connectivity index (χ1v) is 10.8. The third-order valence-electron chi connectivity index (χ3n) is 5.64. The summed E-state index contributed by atoms with van der Waals surface area (Å²) in [7, 11) is 0. The smallest absolute Gasteiger partial charge is 0.257 e. The molecule has 1 aromatic heterocycles. The standard InChI is InChI=1S/C24H24ClN5O/c1-2-23-22(16-27-30(23)21-5-3-4-20(25)14-21)24(31)29-12-10-28(11-13-29)17-19-8-6-18(15-26)7-9-19/h3-9,14,16H,2,10-13,17H2,1H3. The molecule has 31 heavy (non-hydrogen) atoms. The molecule has 6 nitrogen and oxygen atoms in total. The summed E-state index contributed by atoms with van der Waals surface area (Å²) in [5.74, 6) is 0.0307. The first-order valence-electron chi connectivity index (χ1n) is 10.4. The van der Waals surface area contributed by atoms with E-state index in [9.17, 15) is 4.79 Å². The maximum Gasteiger partial charge on any atom is 0.257 e. The summed E-state index contributed by atoms with van der Waals surface area (Å²) in [6, 6.07) is 17.3. The molecule has 4 rings (SSSR count). The molecule has 1 saturated heterocycles. The van der Waals surface area contributed by atoms with Gasteiger partial charge in [0.05, 0.1) is 34.8 Å². The lowest BCUT2D eigenvalue weighted by molar-refractivity contribution is 0.0627. The van der Waals surface area contributed by atoms with E-state index in [1.807, 2.05) is 60.4 Å². The van der Waals surface area contributed by atoms with Crippen LogP contribution in [0.25, 0.3) is 5.69 Å². The Morgan fingerprint density at radius 2 is 1.87 bits per heavy atom. The first-order chi connectivity index (χ1) is 15.1. The molecular weight excluding hydrogens is 410 g/mol. The number of halogens is 1. The number of carbonyl (C=O) groups excluding carboxylic acids is 1. The molecule has 7 heteroatoms. The molecule has 1 aliphatic heterocycles. The zero-order valence-electron chi connectivity index (χ0n) is 17.5. The van der Waals surface area contributed by atoms with Crippen LogP contribution in [0, 0.1) is 11.3 Å². The summed E-state index contributed by atoms with van der Waals surface area (Å²) >= 11 is 6.13. The van der Waals surface area contributed by atoms with Gasteiger partial charge in [-0.2, -0.15) is 10.4 Å². The van der Waals surface area contributed by atoms with E-state index in [1.54, 1.807) is 10.9 Å². The first kappa shape index (κ1) is 21.1. The van der Waals surface area contributed by atoms with Gasteiger partial charge in [-0.05, 0) is 42.3 Å². The minimum absolute atomic E-state index is 0.0307. The van der Waals surface area contributed by atoms with E-state index in [0.717, 1.165) is 31.0 Å². The highest BCUT2D eigenvalue weighted by Crippen LogP contribution is 2.21. The van der Waals surface area contributed by atoms with Gasteiger partial charge in [0.2, 0.25) is 0 Å². The van der Waals surface area contributed by atoms with Crippen LogP contribution >= 0.6 is 11.6 Å². The molecule has 0 aliphatic carbocycles. The molecule has 1 aliphatic rings. The van der Waals surface area contributed by atoms with Crippen molar-refractivity contribution in [1.29, 1.82) is 5.26 Å². The molecule has 3 aromatic rings. The average molecular weight is 434 g/mol. The number of carbonyl (C=O) groups is 1. The van der Waals surface area contributed by atoms with Crippen molar-refractivity contribution in [3.05, 3.63) is 82.1 Å². The van der Waals surface area contributed by atoms with E-state index in [4.69, 9.17) is 16.9 Å². The lowest BCUT2D eigenvalue weighted by atomic mass is 10.1. The van der Waals surface area contributed by atoms with Crippen molar-refractivity contribution in [2.45, 2.75) is 19.9 Å². The largest absolute Gasteiger partial charge is 0.336 e. The maximum absolute atomic E-state index is 13.2. The lowest BCUT2D eigenvalue weighted by Gasteiger charge is -2.34. The van der Waals surface area contributed by atoms with Crippen LogP contribution in [0.15, 0.2) is 54.7 Å². The van der Waals surface area contributed by atoms with Crippen LogP contribution in [0.4, 0.5) is 0 Å². The number of nitrogens with zero attached hydrogens (tertiary/aromatic N) is 5. The third kappa shape index (κ3) is 4.63. The number of hydrogen-bond acceptors (Lipinski definition) is 4. The van der Waals surface area contributed by atoms with Crippen LogP contribution in [-0.2, 0) is 13.0 Å². The van der Waals surface area contributed by atoms with Crippen LogP contribution in [0.5, 0.6) is 0 Å². The van der Waals surface area contributed by atoms with E-state index in [-0.39, 0.29) is 5.91 Å². The van der Waals surface area contributed by atoms with Gasteiger partial charge in [0.15, 0.2) is 0 Å². The van der Waals surface area contributed by atoms with E-state index in [0.29, 0.717) is 35.7 Å². The summed E-state index contributed by atoms with van der Waals surface area (Å²) in [5, 5.41) is 14.0. The molecule has 0 radical (unpaired) electrons. The van der Waals surface area contributed by atoms with Crippen LogP contribution < -0.4 is 0 Å². The number of amides is 1. The van der Waals surface area contributed by atoms with E-state index < -0.39 is 0 Å². The molecule has 0 bridgehead atoms. The Hall–Kier alpha value is -3.14. The highest BCUT2D eigenvalue weighted by Gasteiger charge is 2.26. The zero-order valence-corrected chi connectivity index (χ0v) is 18.2. The number of aromatic nitrogens is 2. The Labute approximate surface area is 187 Å². The predicted octanol–water partition coefficient (Wildman–Crippen LogP) is 3.92. The summed E-state index contributed by atoms with van der Waals surface area (Å²) in [4.78, 5) is 17.5. The number of nitriles is 1. The number of piperazine rings is 1. The minimum Gasteiger partial charge on any atom is -0.336 e. The second-order valence-electron chi connectivity index (χ2n) is 7.63. The van der Waals surface area contributed by atoms with Gasteiger partial charge in [-0.1, -0.05) is 36.7 Å². The second kappa shape index (κ2) is 9.34. The topological polar surface area (TPSA) is 65.2 Å². The van der Waals surface area contributed by atoms with Gasteiger partial charge in [0.25, 0.3) is 5.91 Å². The Bertz CT molecular complexity index is 1110. The molecule has 0 unspecified atom stereocenters. The number of benzene rings is 2. The van der Waals surface area contributed by atoms with Gasteiger partial charge >= 0.3 is 0 Å². The van der Waals surface area contributed by atoms with Gasteiger partial charge in [0, 0.05) is 37.7 Å². The molecule has 0 spiro atoms. The average Bonchev–Trinajstić information content (AvgIpc) is 3.24. The Kier molecular flexibility index (Phi) is 6.36. The van der Waals surface area contributed by atoms with Crippen LogP contribution in [0.1, 0.15) is 34.1 Å².